The summed E-state index contributed by atoms with van der Waals surface area (Å²) in [4.78, 5) is 16.3. The quantitative estimate of drug-likeness (QED) is 0.910. The fourth-order valence-electron chi connectivity index (χ4n) is 3.10. The number of aliphatic hydroxyl groups excluding tert-OH is 1. The van der Waals surface area contributed by atoms with Crippen LogP contribution in [0.5, 0.6) is 0 Å². The van der Waals surface area contributed by atoms with Crippen molar-refractivity contribution in [2.24, 2.45) is 13.0 Å². The number of hydrogen-bond donors (Lipinski definition) is 1. The van der Waals surface area contributed by atoms with E-state index in [0.717, 1.165) is 25.9 Å². The number of imidazole rings is 1. The first kappa shape index (κ1) is 16.6. The molecule has 24 heavy (non-hydrogen) atoms. The molecule has 0 aliphatic carbocycles. The second-order valence-electron chi connectivity index (χ2n) is 6.40. The van der Waals surface area contributed by atoms with E-state index in [1.54, 1.807) is 25.2 Å². The minimum Gasteiger partial charge on any atom is -0.385 e. The topological polar surface area (TPSA) is 70.3 Å². The number of nitrogens with zero attached hydrogens (tertiary/aromatic N) is 6. The first-order valence-corrected chi connectivity index (χ1v) is 8.07. The molecule has 0 saturated carbocycles. The van der Waals surface area contributed by atoms with Gasteiger partial charge in [-0.15, -0.1) is 0 Å². The van der Waals surface area contributed by atoms with E-state index in [0.29, 0.717) is 11.8 Å². The van der Waals surface area contributed by atoms with Crippen LogP contribution in [0.4, 0.5) is 16.2 Å². The van der Waals surface area contributed by atoms with E-state index in [9.17, 15) is 9.50 Å². The third-order valence-electron chi connectivity index (χ3n) is 4.53. The molecule has 1 aliphatic rings. The highest BCUT2D eigenvalue weighted by atomic mass is 19.1. The highest BCUT2D eigenvalue weighted by molar-refractivity contribution is 5.43. The average molecular weight is 334 g/mol. The molecule has 1 N–H and O–H groups in total. The standard InChI is InChI=1S/C16H23FN6O/c1-21(2)14-12(17)10-19-16(20-14)23-7-4-11(5-8-23)13(24)15-18-6-9-22(15)3/h6,9-11,13,24H,4-5,7-8H2,1-3H3. The molecule has 0 aromatic carbocycles. The van der Waals surface area contributed by atoms with Gasteiger partial charge < -0.3 is 19.5 Å². The summed E-state index contributed by atoms with van der Waals surface area (Å²) in [5.74, 6) is 1.24. The number of anilines is 2. The smallest absolute Gasteiger partial charge is 0.227 e. The second kappa shape index (κ2) is 6.72. The maximum atomic E-state index is 13.7. The Bertz CT molecular complexity index is 696. The predicted octanol–water partition coefficient (Wildman–Crippen LogP) is 1.37. The summed E-state index contributed by atoms with van der Waals surface area (Å²) in [6.07, 6.45) is 5.80. The van der Waals surface area contributed by atoms with Crippen molar-refractivity contribution in [2.75, 3.05) is 37.0 Å². The van der Waals surface area contributed by atoms with Crippen LogP contribution in [0.15, 0.2) is 18.6 Å². The second-order valence-corrected chi connectivity index (χ2v) is 6.40. The molecule has 0 bridgehead atoms. The van der Waals surface area contributed by atoms with Gasteiger partial charge in [0.2, 0.25) is 5.95 Å². The molecule has 7 nitrogen and oxygen atoms in total. The molecule has 1 saturated heterocycles. The molecular weight excluding hydrogens is 311 g/mol. The predicted molar refractivity (Wildman–Crippen MR) is 89.4 cm³/mol. The lowest BCUT2D eigenvalue weighted by molar-refractivity contribution is 0.0823. The van der Waals surface area contributed by atoms with Gasteiger partial charge in [-0.05, 0) is 18.8 Å². The number of rotatable bonds is 4. The van der Waals surface area contributed by atoms with Crippen molar-refractivity contribution in [3.8, 4) is 0 Å². The monoisotopic (exact) mass is 334 g/mol. The summed E-state index contributed by atoms with van der Waals surface area (Å²) in [6.45, 7) is 1.45. The van der Waals surface area contributed by atoms with Crippen LogP contribution in [0.1, 0.15) is 24.8 Å². The lowest BCUT2D eigenvalue weighted by Gasteiger charge is -2.34. The number of aliphatic hydroxyl groups is 1. The molecule has 2 aromatic heterocycles. The number of aromatic nitrogens is 4. The van der Waals surface area contributed by atoms with Gasteiger partial charge in [-0.25, -0.2) is 14.4 Å². The van der Waals surface area contributed by atoms with Crippen molar-refractivity contribution in [2.45, 2.75) is 18.9 Å². The van der Waals surface area contributed by atoms with E-state index >= 15 is 0 Å². The molecular formula is C16H23FN6O. The van der Waals surface area contributed by atoms with Crippen molar-refractivity contribution in [1.82, 2.24) is 19.5 Å². The molecule has 3 heterocycles. The van der Waals surface area contributed by atoms with Crippen LogP contribution in [0.3, 0.4) is 0 Å². The lowest BCUT2D eigenvalue weighted by Crippen LogP contribution is -2.37. The van der Waals surface area contributed by atoms with Gasteiger partial charge in [-0.3, -0.25) is 0 Å². The lowest BCUT2D eigenvalue weighted by atomic mass is 9.91. The van der Waals surface area contributed by atoms with E-state index in [-0.39, 0.29) is 11.7 Å². The maximum Gasteiger partial charge on any atom is 0.227 e. The van der Waals surface area contributed by atoms with Crippen LogP contribution in [-0.2, 0) is 7.05 Å². The SMILES string of the molecule is CN(C)c1nc(N2CCC(C(O)c3nccn3C)CC2)ncc1F. The molecule has 1 aliphatic heterocycles. The molecule has 0 spiro atoms. The molecule has 8 heteroatoms. The fourth-order valence-corrected chi connectivity index (χ4v) is 3.10. The number of piperidine rings is 1. The molecule has 3 rings (SSSR count). The van der Waals surface area contributed by atoms with Crippen molar-refractivity contribution in [1.29, 1.82) is 0 Å². The summed E-state index contributed by atoms with van der Waals surface area (Å²) in [6, 6.07) is 0. The Morgan fingerprint density at radius 1 is 1.29 bits per heavy atom. The van der Waals surface area contributed by atoms with Crippen molar-refractivity contribution in [3.63, 3.8) is 0 Å². The van der Waals surface area contributed by atoms with Crippen LogP contribution in [0.2, 0.25) is 0 Å². The Morgan fingerprint density at radius 3 is 2.58 bits per heavy atom. The van der Waals surface area contributed by atoms with Gasteiger partial charge in [0.05, 0.1) is 6.20 Å². The van der Waals surface area contributed by atoms with Gasteiger partial charge in [0.15, 0.2) is 11.6 Å². The van der Waals surface area contributed by atoms with Gasteiger partial charge in [-0.2, -0.15) is 4.98 Å². The van der Waals surface area contributed by atoms with Crippen molar-refractivity contribution >= 4 is 11.8 Å². The van der Waals surface area contributed by atoms with E-state index < -0.39 is 11.9 Å². The Hall–Kier alpha value is -2.22. The minimum absolute atomic E-state index is 0.149. The Morgan fingerprint density at radius 2 is 2.00 bits per heavy atom. The number of aryl methyl sites for hydroxylation is 1. The van der Waals surface area contributed by atoms with E-state index in [1.165, 1.54) is 6.20 Å². The first-order valence-electron chi connectivity index (χ1n) is 8.07. The highest BCUT2D eigenvalue weighted by Gasteiger charge is 2.29. The summed E-state index contributed by atoms with van der Waals surface area (Å²) < 4.78 is 15.6. The summed E-state index contributed by atoms with van der Waals surface area (Å²) in [5.41, 5.74) is 0. The van der Waals surface area contributed by atoms with Crippen molar-refractivity contribution in [3.05, 3.63) is 30.2 Å². The maximum absolute atomic E-state index is 13.7. The summed E-state index contributed by atoms with van der Waals surface area (Å²) >= 11 is 0. The van der Waals surface area contributed by atoms with Gasteiger partial charge >= 0.3 is 0 Å². The molecule has 2 aromatic rings. The summed E-state index contributed by atoms with van der Waals surface area (Å²) in [5, 5.41) is 10.5. The van der Waals surface area contributed by atoms with Crippen LogP contribution in [0, 0.1) is 11.7 Å². The van der Waals surface area contributed by atoms with E-state index in [4.69, 9.17) is 0 Å². The van der Waals surface area contributed by atoms with Crippen LogP contribution < -0.4 is 9.80 Å². The molecule has 1 atom stereocenters. The fraction of sp³-hybridized carbons (Fsp3) is 0.562. The molecule has 0 amide bonds. The largest absolute Gasteiger partial charge is 0.385 e. The third-order valence-corrected chi connectivity index (χ3v) is 4.53. The zero-order chi connectivity index (χ0) is 17.3. The zero-order valence-electron chi connectivity index (χ0n) is 14.2. The van der Waals surface area contributed by atoms with E-state index in [1.807, 2.05) is 22.7 Å². The molecule has 0 radical (unpaired) electrons. The number of halogens is 1. The Kier molecular flexibility index (Phi) is 4.66. The van der Waals surface area contributed by atoms with Gasteiger partial charge in [0, 0.05) is 46.6 Å². The summed E-state index contributed by atoms with van der Waals surface area (Å²) in [7, 11) is 5.39. The van der Waals surface area contributed by atoms with Crippen LogP contribution >= 0.6 is 0 Å². The van der Waals surface area contributed by atoms with Gasteiger partial charge in [-0.1, -0.05) is 0 Å². The van der Waals surface area contributed by atoms with Crippen molar-refractivity contribution < 1.29 is 9.50 Å². The number of hydrogen-bond acceptors (Lipinski definition) is 6. The average Bonchev–Trinajstić information content (AvgIpc) is 3.00. The zero-order valence-corrected chi connectivity index (χ0v) is 14.2. The van der Waals surface area contributed by atoms with E-state index in [2.05, 4.69) is 15.0 Å². The third kappa shape index (κ3) is 3.19. The normalized spacial score (nSPS) is 17.1. The van der Waals surface area contributed by atoms with Crippen LogP contribution in [0.25, 0.3) is 0 Å². The highest BCUT2D eigenvalue weighted by Crippen LogP contribution is 2.31. The van der Waals surface area contributed by atoms with Gasteiger partial charge in [0.1, 0.15) is 11.9 Å². The first-order chi connectivity index (χ1) is 11.5. The Balaban J connectivity index is 1.67. The molecule has 1 fully saturated rings. The molecule has 1 unspecified atom stereocenters. The minimum atomic E-state index is -0.571. The van der Waals surface area contributed by atoms with Crippen LogP contribution in [-0.4, -0.2) is 51.8 Å². The Labute approximate surface area is 140 Å². The van der Waals surface area contributed by atoms with Gasteiger partial charge in [0.25, 0.3) is 0 Å². The molecule has 130 valence electrons.